The molecule has 0 aliphatic rings. The molecule has 2 N–H and O–H groups in total. The van der Waals surface area contributed by atoms with Crippen molar-refractivity contribution in [1.82, 2.24) is 14.9 Å². The molecule has 0 unspecified atom stereocenters. The molecule has 0 bridgehead atoms. The van der Waals surface area contributed by atoms with E-state index in [0.717, 1.165) is 10.8 Å². The number of carbonyl (C=O) groups is 1. The molecule has 0 aliphatic heterocycles. The Labute approximate surface area is 165 Å². The maximum absolute atomic E-state index is 13.0. The number of benzene rings is 1. The largest absolute Gasteiger partial charge is 0.505 e. The van der Waals surface area contributed by atoms with E-state index < -0.39 is 38.4 Å². The number of hydrogen-bond acceptors (Lipinski definition) is 6. The van der Waals surface area contributed by atoms with Crippen molar-refractivity contribution >= 4 is 26.8 Å². The van der Waals surface area contributed by atoms with Gasteiger partial charge in [-0.1, -0.05) is 12.1 Å². The highest BCUT2D eigenvalue weighted by molar-refractivity contribution is 7.90. The van der Waals surface area contributed by atoms with E-state index in [2.05, 4.69) is 10.3 Å². The molecule has 1 aromatic carbocycles. The summed E-state index contributed by atoms with van der Waals surface area (Å²) in [6, 6.07) is 8.45. The number of aromatic hydroxyl groups is 1. The van der Waals surface area contributed by atoms with Crippen molar-refractivity contribution in [3.8, 4) is 5.75 Å². The van der Waals surface area contributed by atoms with Crippen LogP contribution in [0, 0.1) is 5.82 Å². The number of nitrogens with zero attached hydrogens (tertiary/aromatic N) is 2. The van der Waals surface area contributed by atoms with Gasteiger partial charge in [0.05, 0.1) is 11.3 Å². The van der Waals surface area contributed by atoms with E-state index in [4.69, 9.17) is 0 Å². The van der Waals surface area contributed by atoms with Crippen LogP contribution in [-0.4, -0.2) is 41.0 Å². The minimum atomic E-state index is -3.37. The minimum absolute atomic E-state index is 0.00158. The van der Waals surface area contributed by atoms with Crippen molar-refractivity contribution in [3.05, 3.63) is 69.9 Å². The standard InChI is InChI=1S/C19H18FN3O5S/c1-29(27,28)10-9-23-14-3-2-8-21-16(14)17(24)15(19(23)26)18(25)22-11-12-4-6-13(20)7-5-12/h2-8,24H,9-11H2,1H3,(H,22,25). The summed E-state index contributed by atoms with van der Waals surface area (Å²) in [5.74, 6) is -2.18. The third-order valence-electron chi connectivity index (χ3n) is 4.28. The van der Waals surface area contributed by atoms with E-state index in [0.29, 0.717) is 5.56 Å². The molecule has 29 heavy (non-hydrogen) atoms. The van der Waals surface area contributed by atoms with Crippen LogP contribution in [0.2, 0.25) is 0 Å². The van der Waals surface area contributed by atoms with Gasteiger partial charge in [0.25, 0.3) is 11.5 Å². The second-order valence-electron chi connectivity index (χ2n) is 6.49. The molecule has 2 heterocycles. The van der Waals surface area contributed by atoms with Gasteiger partial charge in [0, 0.05) is 25.5 Å². The lowest BCUT2D eigenvalue weighted by atomic mass is 10.1. The summed E-state index contributed by atoms with van der Waals surface area (Å²) in [4.78, 5) is 29.5. The van der Waals surface area contributed by atoms with Gasteiger partial charge in [0.15, 0.2) is 5.75 Å². The zero-order valence-electron chi connectivity index (χ0n) is 15.4. The fourth-order valence-corrected chi connectivity index (χ4v) is 3.33. The average molecular weight is 419 g/mol. The fraction of sp³-hybridized carbons (Fsp3) is 0.211. The molecule has 0 fully saturated rings. The highest BCUT2D eigenvalue weighted by Crippen LogP contribution is 2.24. The van der Waals surface area contributed by atoms with E-state index in [1.54, 1.807) is 0 Å². The molecular formula is C19H18FN3O5S. The van der Waals surface area contributed by atoms with Gasteiger partial charge < -0.3 is 15.0 Å². The first kappa shape index (κ1) is 20.5. The topological polar surface area (TPSA) is 118 Å². The van der Waals surface area contributed by atoms with Gasteiger partial charge in [-0.05, 0) is 29.8 Å². The van der Waals surface area contributed by atoms with Crippen molar-refractivity contribution in [1.29, 1.82) is 0 Å². The Balaban J connectivity index is 2.01. The molecule has 2 aromatic heterocycles. The Bertz CT molecular complexity index is 1240. The van der Waals surface area contributed by atoms with Crippen molar-refractivity contribution in [3.63, 3.8) is 0 Å². The number of carbonyl (C=O) groups excluding carboxylic acids is 1. The van der Waals surface area contributed by atoms with E-state index in [-0.39, 0.29) is 29.9 Å². The highest BCUT2D eigenvalue weighted by atomic mass is 32.2. The number of amides is 1. The zero-order valence-corrected chi connectivity index (χ0v) is 16.2. The lowest BCUT2D eigenvalue weighted by Crippen LogP contribution is -2.34. The summed E-state index contributed by atoms with van der Waals surface area (Å²) in [6.45, 7) is -0.194. The third kappa shape index (κ3) is 4.60. The van der Waals surface area contributed by atoms with Crippen LogP contribution in [0.5, 0.6) is 5.75 Å². The van der Waals surface area contributed by atoms with Crippen LogP contribution in [0.25, 0.3) is 11.0 Å². The first-order valence-corrected chi connectivity index (χ1v) is 10.6. The number of fused-ring (bicyclic) bond motifs is 1. The van der Waals surface area contributed by atoms with E-state index >= 15 is 0 Å². The molecule has 0 spiro atoms. The molecule has 1 amide bonds. The van der Waals surface area contributed by atoms with Crippen LogP contribution in [0.1, 0.15) is 15.9 Å². The Morgan fingerprint density at radius 3 is 2.59 bits per heavy atom. The predicted octanol–water partition coefficient (Wildman–Crippen LogP) is 1.22. The van der Waals surface area contributed by atoms with Crippen LogP contribution in [0.3, 0.4) is 0 Å². The van der Waals surface area contributed by atoms with Crippen molar-refractivity contribution in [2.45, 2.75) is 13.1 Å². The Morgan fingerprint density at radius 2 is 1.93 bits per heavy atom. The third-order valence-corrected chi connectivity index (χ3v) is 5.20. The fourth-order valence-electron chi connectivity index (χ4n) is 2.82. The summed E-state index contributed by atoms with van der Waals surface area (Å²) >= 11 is 0. The number of aryl methyl sites for hydroxylation is 1. The number of hydrogen-bond donors (Lipinski definition) is 2. The molecule has 152 valence electrons. The van der Waals surface area contributed by atoms with Gasteiger partial charge >= 0.3 is 0 Å². The molecular weight excluding hydrogens is 401 g/mol. The van der Waals surface area contributed by atoms with E-state index in [1.807, 2.05) is 0 Å². The van der Waals surface area contributed by atoms with Gasteiger partial charge in [-0.3, -0.25) is 14.6 Å². The molecule has 0 saturated heterocycles. The van der Waals surface area contributed by atoms with Gasteiger partial charge in [-0.25, -0.2) is 12.8 Å². The summed E-state index contributed by atoms with van der Waals surface area (Å²) in [7, 11) is -3.37. The lowest BCUT2D eigenvalue weighted by Gasteiger charge is -2.14. The normalized spacial score (nSPS) is 11.5. The summed E-state index contributed by atoms with van der Waals surface area (Å²) < 4.78 is 37.2. The van der Waals surface area contributed by atoms with Crippen molar-refractivity contribution in [2.75, 3.05) is 12.0 Å². The maximum atomic E-state index is 13.0. The molecule has 8 nitrogen and oxygen atoms in total. The molecule has 10 heteroatoms. The molecule has 0 atom stereocenters. The Hall–Kier alpha value is -3.27. The van der Waals surface area contributed by atoms with Crippen molar-refractivity contribution in [2.24, 2.45) is 0 Å². The summed E-state index contributed by atoms with van der Waals surface area (Å²) in [5.41, 5.74) is -0.549. The van der Waals surface area contributed by atoms with Crippen LogP contribution < -0.4 is 10.9 Å². The zero-order chi connectivity index (χ0) is 21.2. The number of rotatable bonds is 6. The highest BCUT2D eigenvalue weighted by Gasteiger charge is 2.23. The molecule has 0 aliphatic carbocycles. The van der Waals surface area contributed by atoms with Crippen LogP contribution in [0.4, 0.5) is 4.39 Å². The SMILES string of the molecule is CS(=O)(=O)CCn1c(=O)c(C(=O)NCc2ccc(F)cc2)c(O)c2ncccc21. The van der Waals surface area contributed by atoms with E-state index in [1.165, 1.54) is 42.6 Å². The first-order valence-electron chi connectivity index (χ1n) is 8.58. The monoisotopic (exact) mass is 419 g/mol. The quantitative estimate of drug-likeness (QED) is 0.620. The number of pyridine rings is 2. The van der Waals surface area contributed by atoms with Crippen LogP contribution >= 0.6 is 0 Å². The Kier molecular flexibility index (Phi) is 5.64. The second kappa shape index (κ2) is 8.00. The van der Waals surface area contributed by atoms with Gasteiger partial charge in [0.2, 0.25) is 0 Å². The number of aromatic nitrogens is 2. The lowest BCUT2D eigenvalue weighted by molar-refractivity contribution is 0.0946. The van der Waals surface area contributed by atoms with Gasteiger partial charge in [-0.15, -0.1) is 0 Å². The average Bonchev–Trinajstić information content (AvgIpc) is 2.66. The Morgan fingerprint density at radius 1 is 1.24 bits per heavy atom. The number of sulfone groups is 1. The summed E-state index contributed by atoms with van der Waals surface area (Å²) in [5, 5.41) is 13.0. The number of halogens is 1. The minimum Gasteiger partial charge on any atom is -0.505 e. The first-order chi connectivity index (χ1) is 13.7. The molecule has 0 saturated carbocycles. The van der Waals surface area contributed by atoms with Gasteiger partial charge in [-0.2, -0.15) is 0 Å². The van der Waals surface area contributed by atoms with E-state index in [9.17, 15) is 27.5 Å². The maximum Gasteiger partial charge on any atom is 0.267 e. The van der Waals surface area contributed by atoms with Crippen LogP contribution in [-0.2, 0) is 22.9 Å². The van der Waals surface area contributed by atoms with Gasteiger partial charge in [0.1, 0.15) is 26.7 Å². The molecule has 0 radical (unpaired) electrons. The second-order valence-corrected chi connectivity index (χ2v) is 8.75. The smallest absolute Gasteiger partial charge is 0.267 e. The van der Waals surface area contributed by atoms with Crippen LogP contribution in [0.15, 0.2) is 47.4 Å². The van der Waals surface area contributed by atoms with Crippen molar-refractivity contribution < 1.29 is 22.7 Å². The summed E-state index contributed by atoms with van der Waals surface area (Å²) in [6.07, 6.45) is 2.42. The number of nitrogens with one attached hydrogen (secondary N) is 1. The molecule has 3 aromatic rings. The predicted molar refractivity (Wildman–Crippen MR) is 105 cm³/mol. The molecule has 3 rings (SSSR count).